The van der Waals surface area contributed by atoms with Crippen molar-refractivity contribution in [3.63, 3.8) is 0 Å². The first-order valence-electron chi connectivity index (χ1n) is 22.6. The van der Waals surface area contributed by atoms with Gasteiger partial charge in [-0.05, 0) is 66.6 Å². The molecule has 0 radical (unpaired) electrons. The molecule has 0 saturated carbocycles. The third-order valence-corrected chi connectivity index (χ3v) is 12.2. The van der Waals surface area contributed by atoms with Crippen LogP contribution >= 0.6 is 0 Å². The number of hydrogen-bond donors (Lipinski definition) is 2. The van der Waals surface area contributed by atoms with Crippen LogP contribution in [0.15, 0.2) is 72.8 Å². The minimum Gasteiger partial charge on any atom is -0.392 e. The molecule has 60 heavy (non-hydrogen) atoms. The Morgan fingerprint density at radius 3 is 2.02 bits per heavy atom. The van der Waals surface area contributed by atoms with Crippen LogP contribution in [0.5, 0.6) is 0 Å². The number of ether oxygens (including phenoxy) is 2. The Bertz CT molecular complexity index is 1720. The lowest BCUT2D eigenvalue weighted by atomic mass is 9.89. The molecule has 0 unspecified atom stereocenters. The van der Waals surface area contributed by atoms with E-state index in [1.807, 2.05) is 72.8 Å². The van der Waals surface area contributed by atoms with Crippen LogP contribution in [0.4, 0.5) is 13.2 Å². The summed E-state index contributed by atoms with van der Waals surface area (Å²) in [5.41, 5.74) is 5.35. The van der Waals surface area contributed by atoms with E-state index in [9.17, 15) is 27.9 Å². The van der Waals surface area contributed by atoms with Crippen LogP contribution in [0, 0.1) is 5.92 Å². The lowest BCUT2D eigenvalue weighted by Gasteiger charge is -2.43. The number of likely N-dealkylation sites (tertiary alicyclic amines) is 1. The van der Waals surface area contributed by atoms with Gasteiger partial charge in [0.05, 0.1) is 18.8 Å². The molecular formula is C49H68F3N3O5. The molecule has 5 rings (SSSR count). The zero-order valence-electron chi connectivity index (χ0n) is 36.1. The molecule has 2 aliphatic heterocycles. The molecule has 2 N–H and O–H groups in total. The Kier molecular flexibility index (Phi) is 18.9. The molecule has 3 aromatic rings. The number of alkyl halides is 3. The van der Waals surface area contributed by atoms with Crippen molar-refractivity contribution in [2.24, 2.45) is 5.92 Å². The summed E-state index contributed by atoms with van der Waals surface area (Å²) in [5, 5.41) is 12.5. The number of unbranched alkanes of at least 4 members (excludes halogenated alkanes) is 10. The zero-order chi connectivity index (χ0) is 42.9. The standard InChI is InChI=1S/C49H68F3N3O5/c1-4-6-8-10-12-16-30-54(31-17-13-11-9-7-5-2)34-44-36(3)45(39-24-22-37(35-56)23-25-39)60-47(59-44)40-28-26-38(27-29-40)42-20-15-14-19-41(42)33-53-46(57)43-21-18-32-55(43)48(58)49(50,51)52/h14-15,19-20,22-29,36,43-45,47,56H,4-13,16-18,21,30-35H2,1-3H3,(H,53,57)/t36-,43+,44+,45+,47+/m1/s1. The molecule has 0 aromatic heterocycles. The second-order valence-electron chi connectivity index (χ2n) is 16.8. The van der Waals surface area contributed by atoms with Crippen LogP contribution in [0.1, 0.15) is 145 Å². The van der Waals surface area contributed by atoms with E-state index in [-0.39, 0.29) is 44.2 Å². The maximum atomic E-state index is 13.2. The summed E-state index contributed by atoms with van der Waals surface area (Å²) >= 11 is 0. The van der Waals surface area contributed by atoms with Gasteiger partial charge in [0.1, 0.15) is 6.04 Å². The number of aliphatic hydroxyl groups excluding tert-OH is 1. The maximum absolute atomic E-state index is 13.2. The Balaban J connectivity index is 1.31. The highest BCUT2D eigenvalue weighted by molar-refractivity contribution is 5.90. The van der Waals surface area contributed by atoms with Gasteiger partial charge >= 0.3 is 12.1 Å². The molecular weight excluding hydrogens is 768 g/mol. The predicted octanol–water partition coefficient (Wildman–Crippen LogP) is 10.8. The van der Waals surface area contributed by atoms with Crippen molar-refractivity contribution in [1.29, 1.82) is 0 Å². The lowest BCUT2D eigenvalue weighted by molar-refractivity contribution is -0.276. The molecule has 330 valence electrons. The molecule has 0 aliphatic carbocycles. The van der Waals surface area contributed by atoms with Gasteiger partial charge in [0, 0.05) is 31.1 Å². The fraction of sp³-hybridized carbons (Fsp3) is 0.592. The highest BCUT2D eigenvalue weighted by Gasteiger charge is 2.47. The average Bonchev–Trinajstić information content (AvgIpc) is 3.75. The topological polar surface area (TPSA) is 91.3 Å². The maximum Gasteiger partial charge on any atom is 0.471 e. The quantitative estimate of drug-likeness (QED) is 0.0925. The summed E-state index contributed by atoms with van der Waals surface area (Å²) in [5.74, 6) is -2.50. The fourth-order valence-electron chi connectivity index (χ4n) is 8.63. The molecule has 11 heteroatoms. The van der Waals surface area contributed by atoms with E-state index in [0.29, 0.717) is 11.3 Å². The molecule has 2 saturated heterocycles. The molecule has 2 heterocycles. The van der Waals surface area contributed by atoms with Crippen molar-refractivity contribution >= 4 is 11.8 Å². The molecule has 0 bridgehead atoms. The van der Waals surface area contributed by atoms with Gasteiger partial charge in [0.25, 0.3) is 0 Å². The minimum atomic E-state index is -5.03. The van der Waals surface area contributed by atoms with Crippen molar-refractivity contribution in [3.05, 3.63) is 95.1 Å². The van der Waals surface area contributed by atoms with Crippen LogP contribution in [-0.4, -0.2) is 71.2 Å². The number of rotatable bonds is 23. The summed E-state index contributed by atoms with van der Waals surface area (Å²) in [6, 6.07) is 22.5. The lowest BCUT2D eigenvalue weighted by Crippen LogP contribution is -2.50. The zero-order valence-corrected chi connectivity index (χ0v) is 36.1. The number of amides is 2. The first-order valence-corrected chi connectivity index (χ1v) is 22.6. The van der Waals surface area contributed by atoms with Gasteiger partial charge in [-0.25, -0.2) is 0 Å². The minimum absolute atomic E-state index is 0.0223. The number of halogens is 3. The van der Waals surface area contributed by atoms with Crippen molar-refractivity contribution < 1.29 is 37.3 Å². The van der Waals surface area contributed by atoms with E-state index in [2.05, 4.69) is 31.0 Å². The summed E-state index contributed by atoms with van der Waals surface area (Å²) < 4.78 is 53.3. The second kappa shape index (κ2) is 24.0. The van der Waals surface area contributed by atoms with E-state index in [1.54, 1.807) is 0 Å². The second-order valence-corrected chi connectivity index (χ2v) is 16.8. The van der Waals surface area contributed by atoms with Gasteiger partial charge in [-0.15, -0.1) is 0 Å². The third kappa shape index (κ3) is 13.6. The molecule has 0 spiro atoms. The number of carbonyl (C=O) groups excluding carboxylic acids is 2. The Morgan fingerprint density at radius 2 is 1.40 bits per heavy atom. The van der Waals surface area contributed by atoms with Gasteiger partial charge in [-0.1, -0.05) is 158 Å². The van der Waals surface area contributed by atoms with Gasteiger partial charge in [-0.2, -0.15) is 13.2 Å². The third-order valence-electron chi connectivity index (χ3n) is 12.2. The van der Waals surface area contributed by atoms with E-state index < -0.39 is 30.3 Å². The van der Waals surface area contributed by atoms with Crippen molar-refractivity contribution in [2.75, 3.05) is 26.2 Å². The van der Waals surface area contributed by atoms with E-state index >= 15 is 0 Å². The Hall–Kier alpha value is -3.77. The Morgan fingerprint density at radius 1 is 0.800 bits per heavy atom. The van der Waals surface area contributed by atoms with Gasteiger partial charge in [-0.3, -0.25) is 9.59 Å². The molecule has 5 atom stereocenters. The molecule has 2 amide bonds. The first-order chi connectivity index (χ1) is 29.0. The van der Waals surface area contributed by atoms with Gasteiger partial charge in [0.2, 0.25) is 5.91 Å². The molecule has 2 fully saturated rings. The summed E-state index contributed by atoms with van der Waals surface area (Å²) in [7, 11) is 0. The normalized spacial score (nSPS) is 20.8. The number of nitrogens with zero attached hydrogens (tertiary/aromatic N) is 2. The number of carbonyl (C=O) groups is 2. The summed E-state index contributed by atoms with van der Waals surface area (Å²) in [6.45, 7) is 9.62. The van der Waals surface area contributed by atoms with Crippen molar-refractivity contribution in [3.8, 4) is 11.1 Å². The van der Waals surface area contributed by atoms with E-state index in [1.165, 1.54) is 77.0 Å². The van der Waals surface area contributed by atoms with E-state index in [0.717, 1.165) is 53.0 Å². The van der Waals surface area contributed by atoms with Gasteiger partial charge in [0.15, 0.2) is 6.29 Å². The summed E-state index contributed by atoms with van der Waals surface area (Å²) in [4.78, 5) is 28.3. The van der Waals surface area contributed by atoms with Crippen LogP contribution in [0.25, 0.3) is 11.1 Å². The number of hydrogen-bond acceptors (Lipinski definition) is 6. The first kappa shape index (κ1) is 47.3. The van der Waals surface area contributed by atoms with Crippen molar-refractivity contribution in [2.45, 2.75) is 155 Å². The molecule has 3 aromatic carbocycles. The summed E-state index contributed by atoms with van der Waals surface area (Å²) in [6.07, 6.45) is 9.63. The average molecular weight is 836 g/mol. The van der Waals surface area contributed by atoms with Crippen LogP contribution in [-0.2, 0) is 32.2 Å². The largest absolute Gasteiger partial charge is 0.471 e. The SMILES string of the molecule is CCCCCCCCN(CCCCCCCC)C[C@@H]1O[C@H](c2ccc(-c3ccccc3CNC(=O)[C@@H]3CCCN3C(=O)C(F)(F)F)cc2)O[C@H](c2ccc(CO)cc2)[C@@H]1C. The van der Waals surface area contributed by atoms with Crippen LogP contribution in [0.3, 0.4) is 0 Å². The highest BCUT2D eigenvalue weighted by atomic mass is 19.4. The number of benzene rings is 3. The van der Waals surface area contributed by atoms with Gasteiger partial charge < -0.3 is 29.7 Å². The Labute approximate surface area is 356 Å². The molecule has 8 nitrogen and oxygen atoms in total. The van der Waals surface area contributed by atoms with Crippen LogP contribution < -0.4 is 5.32 Å². The smallest absolute Gasteiger partial charge is 0.392 e. The fourth-order valence-corrected chi connectivity index (χ4v) is 8.63. The number of nitrogens with one attached hydrogen (secondary N) is 1. The van der Waals surface area contributed by atoms with Crippen molar-refractivity contribution in [1.82, 2.24) is 15.1 Å². The highest BCUT2D eigenvalue weighted by Crippen LogP contribution is 2.42. The molecule has 2 aliphatic rings. The monoisotopic (exact) mass is 836 g/mol. The van der Waals surface area contributed by atoms with E-state index in [4.69, 9.17) is 9.47 Å². The number of aliphatic hydroxyl groups is 1. The predicted molar refractivity (Wildman–Crippen MR) is 231 cm³/mol. The van der Waals surface area contributed by atoms with Crippen LogP contribution in [0.2, 0.25) is 0 Å².